The van der Waals surface area contributed by atoms with Crippen LogP contribution in [0.4, 0.5) is 5.82 Å². The minimum absolute atomic E-state index is 0.568. The van der Waals surface area contributed by atoms with E-state index in [9.17, 15) is 0 Å². The first-order valence-electron chi connectivity index (χ1n) is 6.30. The van der Waals surface area contributed by atoms with Gasteiger partial charge in [-0.15, -0.1) is 0 Å². The highest BCUT2D eigenvalue weighted by Gasteiger charge is 2.22. The van der Waals surface area contributed by atoms with E-state index in [4.69, 9.17) is 0 Å². The Kier molecular flexibility index (Phi) is 2.50. The summed E-state index contributed by atoms with van der Waals surface area (Å²) in [6, 6.07) is 2.65. The van der Waals surface area contributed by atoms with Crippen LogP contribution in [0.25, 0.3) is 5.52 Å². The number of nitrogens with zero attached hydrogens (tertiary/aromatic N) is 3. The molecule has 3 rings (SSSR count). The molecule has 2 atom stereocenters. The van der Waals surface area contributed by atoms with Crippen molar-refractivity contribution < 1.29 is 0 Å². The molecule has 17 heavy (non-hydrogen) atoms. The molecule has 1 aliphatic rings. The maximum absolute atomic E-state index is 4.44. The van der Waals surface area contributed by atoms with Gasteiger partial charge in [-0.1, -0.05) is 6.92 Å². The molecule has 0 amide bonds. The van der Waals surface area contributed by atoms with Gasteiger partial charge in [0.2, 0.25) is 0 Å². The first-order valence-corrected chi connectivity index (χ1v) is 6.30. The lowest BCUT2D eigenvalue weighted by atomic mass is 10.1. The smallest absolute Gasteiger partial charge is 0.152 e. The Morgan fingerprint density at radius 3 is 3.06 bits per heavy atom. The molecule has 2 unspecified atom stereocenters. The first-order chi connectivity index (χ1) is 8.22. The van der Waals surface area contributed by atoms with Crippen LogP contribution < -0.4 is 5.32 Å². The second kappa shape index (κ2) is 4.02. The van der Waals surface area contributed by atoms with Gasteiger partial charge in [0, 0.05) is 18.4 Å². The fourth-order valence-corrected chi connectivity index (χ4v) is 2.69. The van der Waals surface area contributed by atoms with Gasteiger partial charge >= 0.3 is 0 Å². The van der Waals surface area contributed by atoms with Gasteiger partial charge in [-0.3, -0.25) is 0 Å². The molecule has 1 fully saturated rings. The zero-order valence-corrected chi connectivity index (χ0v) is 10.3. The molecule has 1 N–H and O–H groups in total. The van der Waals surface area contributed by atoms with Gasteiger partial charge in [0.15, 0.2) is 5.82 Å². The van der Waals surface area contributed by atoms with E-state index in [0.717, 1.165) is 22.9 Å². The molecule has 2 aromatic heterocycles. The van der Waals surface area contributed by atoms with Crippen LogP contribution in [0.5, 0.6) is 0 Å². The Morgan fingerprint density at radius 2 is 2.29 bits per heavy atom. The van der Waals surface area contributed by atoms with Crippen molar-refractivity contribution in [1.29, 1.82) is 0 Å². The van der Waals surface area contributed by atoms with E-state index >= 15 is 0 Å². The van der Waals surface area contributed by atoms with Gasteiger partial charge in [-0.2, -0.15) is 5.10 Å². The monoisotopic (exact) mass is 230 g/mol. The molecule has 0 spiro atoms. The van der Waals surface area contributed by atoms with Crippen LogP contribution in [0.15, 0.2) is 18.5 Å². The van der Waals surface area contributed by atoms with E-state index in [1.165, 1.54) is 19.3 Å². The number of rotatable bonds is 2. The summed E-state index contributed by atoms with van der Waals surface area (Å²) in [6.45, 7) is 4.33. The molecule has 1 saturated carbocycles. The first kappa shape index (κ1) is 10.6. The van der Waals surface area contributed by atoms with Crippen molar-refractivity contribution in [3.05, 3.63) is 24.2 Å². The van der Waals surface area contributed by atoms with Crippen LogP contribution in [0.3, 0.4) is 0 Å². The van der Waals surface area contributed by atoms with Gasteiger partial charge in [-0.25, -0.2) is 9.50 Å². The van der Waals surface area contributed by atoms with Crippen LogP contribution in [0.1, 0.15) is 31.9 Å². The Bertz CT molecular complexity index is 531. The summed E-state index contributed by atoms with van der Waals surface area (Å²) >= 11 is 0. The van der Waals surface area contributed by atoms with Crippen LogP contribution in [-0.2, 0) is 0 Å². The third-order valence-electron chi connectivity index (χ3n) is 3.55. The molecule has 0 aliphatic heterocycles. The summed E-state index contributed by atoms with van der Waals surface area (Å²) in [6.07, 6.45) is 7.51. The molecule has 0 aromatic carbocycles. The van der Waals surface area contributed by atoms with E-state index in [0.29, 0.717) is 6.04 Å². The Morgan fingerprint density at radius 1 is 1.41 bits per heavy atom. The maximum Gasteiger partial charge on any atom is 0.152 e. The van der Waals surface area contributed by atoms with E-state index in [2.05, 4.69) is 28.4 Å². The predicted molar refractivity (Wildman–Crippen MR) is 68.1 cm³/mol. The largest absolute Gasteiger partial charge is 0.366 e. The van der Waals surface area contributed by atoms with E-state index < -0.39 is 0 Å². The summed E-state index contributed by atoms with van der Waals surface area (Å²) in [7, 11) is 0. The molecule has 0 radical (unpaired) electrons. The number of fused-ring (bicyclic) bond motifs is 1. The highest BCUT2D eigenvalue weighted by molar-refractivity contribution is 5.68. The van der Waals surface area contributed by atoms with Crippen LogP contribution in [-0.4, -0.2) is 20.6 Å². The Labute approximate surface area is 101 Å². The number of aryl methyl sites for hydroxylation is 1. The summed E-state index contributed by atoms with van der Waals surface area (Å²) in [5.41, 5.74) is 2.10. The van der Waals surface area contributed by atoms with Gasteiger partial charge in [0.1, 0.15) is 5.52 Å². The Hall–Kier alpha value is -1.58. The summed E-state index contributed by atoms with van der Waals surface area (Å²) in [5.74, 6) is 1.80. The molecular weight excluding hydrogens is 212 g/mol. The average Bonchev–Trinajstić information content (AvgIpc) is 2.84. The lowest BCUT2D eigenvalue weighted by molar-refractivity contribution is 0.602. The van der Waals surface area contributed by atoms with Crippen molar-refractivity contribution in [3.63, 3.8) is 0 Å². The second-order valence-corrected chi connectivity index (χ2v) is 5.15. The molecule has 1 aliphatic carbocycles. The van der Waals surface area contributed by atoms with Crippen molar-refractivity contribution in [2.75, 3.05) is 5.32 Å². The lowest BCUT2D eigenvalue weighted by Crippen LogP contribution is -2.16. The molecule has 0 bridgehead atoms. The summed E-state index contributed by atoms with van der Waals surface area (Å²) < 4.78 is 1.89. The molecule has 4 heteroatoms. The van der Waals surface area contributed by atoms with Crippen molar-refractivity contribution >= 4 is 11.3 Å². The minimum Gasteiger partial charge on any atom is -0.366 e. The SMILES string of the molecule is Cc1cc2c(NC3CCC(C)C3)nccn2n1. The summed E-state index contributed by atoms with van der Waals surface area (Å²) in [4.78, 5) is 4.44. The van der Waals surface area contributed by atoms with E-state index in [1.807, 2.05) is 17.6 Å². The lowest BCUT2D eigenvalue weighted by Gasteiger charge is -2.13. The quantitative estimate of drug-likeness (QED) is 0.862. The van der Waals surface area contributed by atoms with Crippen molar-refractivity contribution in [2.24, 2.45) is 5.92 Å². The van der Waals surface area contributed by atoms with Gasteiger partial charge in [0.25, 0.3) is 0 Å². The van der Waals surface area contributed by atoms with E-state index in [-0.39, 0.29) is 0 Å². The third-order valence-corrected chi connectivity index (χ3v) is 3.55. The number of nitrogens with one attached hydrogen (secondary N) is 1. The van der Waals surface area contributed by atoms with Crippen molar-refractivity contribution in [1.82, 2.24) is 14.6 Å². The minimum atomic E-state index is 0.568. The number of hydrogen-bond acceptors (Lipinski definition) is 3. The van der Waals surface area contributed by atoms with Crippen LogP contribution in [0.2, 0.25) is 0 Å². The van der Waals surface area contributed by atoms with Gasteiger partial charge < -0.3 is 5.32 Å². The fourth-order valence-electron chi connectivity index (χ4n) is 2.69. The van der Waals surface area contributed by atoms with Crippen molar-refractivity contribution in [3.8, 4) is 0 Å². The number of hydrogen-bond donors (Lipinski definition) is 1. The predicted octanol–water partition coefficient (Wildman–Crippen LogP) is 2.64. The molecule has 4 nitrogen and oxygen atoms in total. The second-order valence-electron chi connectivity index (χ2n) is 5.15. The standard InChI is InChI=1S/C13H18N4/c1-9-3-4-11(7-9)15-13-12-8-10(2)16-17(12)6-5-14-13/h5-6,8-9,11H,3-4,7H2,1-2H3,(H,14,15). The Balaban J connectivity index is 1.89. The number of anilines is 1. The van der Waals surface area contributed by atoms with Gasteiger partial charge in [-0.05, 0) is 38.2 Å². The molecular formula is C13H18N4. The zero-order valence-electron chi connectivity index (χ0n) is 10.3. The van der Waals surface area contributed by atoms with Crippen LogP contribution >= 0.6 is 0 Å². The molecule has 0 saturated heterocycles. The normalized spacial score (nSPS) is 24.4. The zero-order chi connectivity index (χ0) is 11.8. The number of aromatic nitrogens is 3. The maximum atomic E-state index is 4.44. The molecule has 2 aromatic rings. The van der Waals surface area contributed by atoms with Crippen LogP contribution in [0, 0.1) is 12.8 Å². The highest BCUT2D eigenvalue weighted by atomic mass is 15.2. The molecule has 90 valence electrons. The topological polar surface area (TPSA) is 42.2 Å². The average molecular weight is 230 g/mol. The van der Waals surface area contributed by atoms with E-state index in [1.54, 1.807) is 6.20 Å². The molecule has 2 heterocycles. The third kappa shape index (κ3) is 1.99. The summed E-state index contributed by atoms with van der Waals surface area (Å²) in [5, 5.41) is 7.96. The van der Waals surface area contributed by atoms with Gasteiger partial charge in [0.05, 0.1) is 5.69 Å². The highest BCUT2D eigenvalue weighted by Crippen LogP contribution is 2.28. The fraction of sp³-hybridized carbons (Fsp3) is 0.538. The van der Waals surface area contributed by atoms with Crippen molar-refractivity contribution in [2.45, 2.75) is 39.2 Å².